The first-order chi connectivity index (χ1) is 14.8. The molecule has 0 aromatic heterocycles. The van der Waals surface area contributed by atoms with Gasteiger partial charge in [-0.05, 0) is 30.5 Å². The smallest absolute Gasteiger partial charge is 0.273 e. The Bertz CT molecular complexity index is 1060. The van der Waals surface area contributed by atoms with Crippen LogP contribution in [0.4, 0.5) is 11.4 Å². The first kappa shape index (κ1) is 20.5. The van der Waals surface area contributed by atoms with Gasteiger partial charge in [0.05, 0.1) is 27.8 Å². The fourth-order valence-corrected chi connectivity index (χ4v) is 3.87. The maximum Gasteiger partial charge on any atom is 0.273 e. The summed E-state index contributed by atoms with van der Waals surface area (Å²) >= 11 is 0. The second-order valence-electron chi connectivity index (χ2n) is 7.84. The number of benzene rings is 2. The number of nitro groups is 1. The van der Waals surface area contributed by atoms with E-state index in [-0.39, 0.29) is 48.2 Å². The first-order valence-electron chi connectivity index (χ1n) is 10.0. The zero-order chi connectivity index (χ0) is 22.3. The largest absolute Gasteiger partial charge is 0.478 e. The summed E-state index contributed by atoms with van der Waals surface area (Å²) in [7, 11) is 0. The van der Waals surface area contributed by atoms with Crippen LogP contribution >= 0.6 is 0 Å². The molecule has 0 radical (unpaired) electrons. The van der Waals surface area contributed by atoms with E-state index < -0.39 is 11.0 Å². The van der Waals surface area contributed by atoms with Crippen molar-refractivity contribution in [2.45, 2.75) is 26.4 Å². The van der Waals surface area contributed by atoms with Gasteiger partial charge in [0, 0.05) is 19.2 Å². The van der Waals surface area contributed by atoms with Gasteiger partial charge in [-0.25, -0.2) is 0 Å². The Hall–Kier alpha value is -3.75. The Labute approximate surface area is 178 Å². The highest BCUT2D eigenvalue weighted by Gasteiger charge is 2.38. The number of carbonyl (C=O) groups is 3. The molecule has 0 N–H and O–H groups in total. The highest BCUT2D eigenvalue weighted by Crippen LogP contribution is 2.38. The zero-order valence-corrected chi connectivity index (χ0v) is 17.1. The van der Waals surface area contributed by atoms with Gasteiger partial charge in [-0.15, -0.1) is 0 Å². The monoisotopic (exact) mass is 423 g/mol. The van der Waals surface area contributed by atoms with Gasteiger partial charge >= 0.3 is 0 Å². The number of imide groups is 1. The second-order valence-corrected chi connectivity index (χ2v) is 7.84. The lowest BCUT2D eigenvalue weighted by Crippen LogP contribution is -2.49. The lowest BCUT2D eigenvalue weighted by molar-refractivity contribution is -0.384. The highest BCUT2D eigenvalue weighted by molar-refractivity contribution is 6.21. The minimum Gasteiger partial charge on any atom is -0.478 e. The Balaban J connectivity index is 1.53. The fraction of sp³-hybridized carbons (Fsp3) is 0.318. The Morgan fingerprint density at radius 3 is 2.19 bits per heavy atom. The van der Waals surface area contributed by atoms with Crippen molar-refractivity contribution in [1.29, 1.82) is 0 Å². The lowest BCUT2D eigenvalue weighted by atomic mass is 10.0. The van der Waals surface area contributed by atoms with E-state index in [4.69, 9.17) is 4.74 Å². The Morgan fingerprint density at radius 1 is 1.00 bits per heavy atom. The maximum absolute atomic E-state index is 13.0. The molecule has 160 valence electrons. The van der Waals surface area contributed by atoms with Gasteiger partial charge in [0.15, 0.2) is 11.9 Å². The van der Waals surface area contributed by atoms with Gasteiger partial charge < -0.3 is 9.64 Å². The van der Waals surface area contributed by atoms with Crippen LogP contribution < -0.4 is 9.64 Å². The summed E-state index contributed by atoms with van der Waals surface area (Å²) in [6.45, 7) is 4.07. The van der Waals surface area contributed by atoms with Crippen molar-refractivity contribution < 1.29 is 24.0 Å². The van der Waals surface area contributed by atoms with Crippen molar-refractivity contribution in [3.63, 3.8) is 0 Å². The Morgan fingerprint density at radius 2 is 1.61 bits per heavy atom. The van der Waals surface area contributed by atoms with E-state index in [1.165, 1.54) is 28.0 Å². The number of amides is 3. The van der Waals surface area contributed by atoms with E-state index in [0.29, 0.717) is 23.2 Å². The van der Waals surface area contributed by atoms with Gasteiger partial charge in [-0.2, -0.15) is 0 Å². The average molecular weight is 423 g/mol. The fourth-order valence-electron chi connectivity index (χ4n) is 3.87. The molecule has 1 unspecified atom stereocenters. The molecule has 9 heteroatoms. The van der Waals surface area contributed by atoms with Crippen LogP contribution in [-0.2, 0) is 4.79 Å². The predicted octanol–water partition coefficient (Wildman–Crippen LogP) is 3.03. The third kappa shape index (κ3) is 3.52. The topological polar surface area (TPSA) is 110 Å². The van der Waals surface area contributed by atoms with Crippen LogP contribution in [0.2, 0.25) is 0 Å². The third-order valence-corrected chi connectivity index (χ3v) is 5.46. The third-order valence-electron chi connectivity index (χ3n) is 5.46. The molecule has 0 aliphatic carbocycles. The number of ether oxygens (including phenoxy) is 1. The molecule has 0 fully saturated rings. The number of rotatable bonds is 6. The average Bonchev–Trinajstić information content (AvgIpc) is 2.99. The summed E-state index contributed by atoms with van der Waals surface area (Å²) in [5.41, 5.74) is 1.08. The highest BCUT2D eigenvalue weighted by atomic mass is 16.6. The van der Waals surface area contributed by atoms with Gasteiger partial charge in [0.2, 0.25) is 0 Å². The summed E-state index contributed by atoms with van der Waals surface area (Å²) in [6, 6.07) is 10.8. The number of fused-ring (bicyclic) bond motifs is 2. The van der Waals surface area contributed by atoms with Crippen LogP contribution in [0.25, 0.3) is 0 Å². The molecular formula is C22H21N3O6. The van der Waals surface area contributed by atoms with E-state index >= 15 is 0 Å². The van der Waals surface area contributed by atoms with Crippen LogP contribution in [-0.4, -0.2) is 46.7 Å². The molecule has 1 atom stereocenters. The molecule has 4 rings (SSSR count). The minimum absolute atomic E-state index is 0.124. The molecule has 2 aromatic carbocycles. The molecule has 2 aromatic rings. The summed E-state index contributed by atoms with van der Waals surface area (Å²) < 4.78 is 5.77. The van der Waals surface area contributed by atoms with Gasteiger partial charge in [0.1, 0.15) is 0 Å². The number of carbonyl (C=O) groups excluding carboxylic acids is 3. The van der Waals surface area contributed by atoms with E-state index in [0.717, 1.165) is 0 Å². The summed E-state index contributed by atoms with van der Waals surface area (Å²) in [5.74, 6) is -0.805. The van der Waals surface area contributed by atoms with Crippen molar-refractivity contribution in [2.75, 3.05) is 18.0 Å². The van der Waals surface area contributed by atoms with Crippen molar-refractivity contribution in [3.05, 3.63) is 63.7 Å². The number of non-ortho nitro benzene ring substituents is 1. The Kier molecular flexibility index (Phi) is 5.18. The quantitative estimate of drug-likeness (QED) is 0.401. The van der Waals surface area contributed by atoms with Crippen LogP contribution in [0.15, 0.2) is 42.5 Å². The SMILES string of the molecule is CC(C)C1Oc2cc([N+](=O)[O-])ccc2N(CCCN2C(=O)c3ccccc3C2=O)C1=O. The van der Waals surface area contributed by atoms with Gasteiger partial charge in [-0.1, -0.05) is 26.0 Å². The number of hydrogen-bond acceptors (Lipinski definition) is 6. The van der Waals surface area contributed by atoms with Crippen molar-refractivity contribution in [3.8, 4) is 5.75 Å². The number of hydrogen-bond donors (Lipinski definition) is 0. The molecule has 31 heavy (non-hydrogen) atoms. The standard InChI is InChI=1S/C22H21N3O6/c1-13(2)19-22(28)23(17-9-8-14(25(29)30)12-18(17)31-19)10-5-11-24-20(26)15-6-3-4-7-16(15)21(24)27/h3-4,6-9,12-13,19H,5,10-11H2,1-2H3. The molecule has 2 aliphatic rings. The van der Waals surface area contributed by atoms with E-state index in [2.05, 4.69) is 0 Å². The molecule has 0 saturated heterocycles. The van der Waals surface area contributed by atoms with Crippen LogP contribution in [0.3, 0.4) is 0 Å². The minimum atomic E-state index is -0.770. The van der Waals surface area contributed by atoms with Crippen molar-refractivity contribution in [1.82, 2.24) is 4.90 Å². The maximum atomic E-state index is 13.0. The van der Waals surface area contributed by atoms with E-state index in [1.54, 1.807) is 24.3 Å². The van der Waals surface area contributed by atoms with Crippen LogP contribution in [0.1, 0.15) is 41.0 Å². The summed E-state index contributed by atoms with van der Waals surface area (Å²) in [4.78, 5) is 51.4. The lowest BCUT2D eigenvalue weighted by Gasteiger charge is -2.36. The molecule has 0 saturated carbocycles. The molecule has 0 bridgehead atoms. The molecular weight excluding hydrogens is 402 g/mol. The normalized spacial score (nSPS) is 17.6. The molecule has 2 aliphatic heterocycles. The summed E-state index contributed by atoms with van der Waals surface area (Å²) in [6.07, 6.45) is -0.410. The van der Waals surface area contributed by atoms with Crippen LogP contribution in [0, 0.1) is 16.0 Å². The number of nitrogens with zero attached hydrogens (tertiary/aromatic N) is 3. The first-order valence-corrected chi connectivity index (χ1v) is 10.0. The predicted molar refractivity (Wildman–Crippen MR) is 111 cm³/mol. The van der Waals surface area contributed by atoms with Gasteiger partial charge in [0.25, 0.3) is 23.4 Å². The van der Waals surface area contributed by atoms with Crippen molar-refractivity contribution in [2.24, 2.45) is 5.92 Å². The zero-order valence-electron chi connectivity index (χ0n) is 17.1. The van der Waals surface area contributed by atoms with E-state index in [1.807, 2.05) is 13.8 Å². The molecule has 2 heterocycles. The number of anilines is 1. The molecule has 0 spiro atoms. The van der Waals surface area contributed by atoms with Crippen molar-refractivity contribution >= 4 is 29.1 Å². The molecule has 3 amide bonds. The summed E-state index contributed by atoms with van der Waals surface area (Å²) in [5, 5.41) is 11.1. The second kappa shape index (κ2) is 7.82. The van der Waals surface area contributed by atoms with Gasteiger partial charge in [-0.3, -0.25) is 29.4 Å². The molecule has 9 nitrogen and oxygen atoms in total. The van der Waals surface area contributed by atoms with Crippen LogP contribution in [0.5, 0.6) is 5.75 Å². The van der Waals surface area contributed by atoms with E-state index in [9.17, 15) is 24.5 Å². The number of nitro benzene ring substituents is 1.